The van der Waals surface area contributed by atoms with Crippen LogP contribution in [0.5, 0.6) is 0 Å². The van der Waals surface area contributed by atoms with Crippen LogP contribution in [0.15, 0.2) is 48.9 Å². The minimum atomic E-state index is -0.337. The molecule has 0 aliphatic carbocycles. The third-order valence-corrected chi connectivity index (χ3v) is 3.98. The van der Waals surface area contributed by atoms with Crippen LogP contribution in [0.3, 0.4) is 0 Å². The molecule has 7 heteroatoms. The average molecular weight is 351 g/mol. The Morgan fingerprint density at radius 1 is 1.08 bits per heavy atom. The lowest BCUT2D eigenvalue weighted by atomic mass is 10.3. The summed E-state index contributed by atoms with van der Waals surface area (Å²) in [5.41, 5.74) is 1.80. The van der Waals surface area contributed by atoms with E-state index in [1.807, 2.05) is 18.2 Å². The first-order valence-electron chi connectivity index (χ1n) is 8.63. The topological polar surface area (TPSA) is 88.4 Å². The zero-order valence-electron chi connectivity index (χ0n) is 14.6. The first kappa shape index (κ1) is 17.6. The van der Waals surface area contributed by atoms with Crippen molar-refractivity contribution in [2.75, 3.05) is 6.54 Å². The van der Waals surface area contributed by atoms with Crippen LogP contribution >= 0.6 is 0 Å². The highest BCUT2D eigenvalue weighted by Crippen LogP contribution is 2.13. The van der Waals surface area contributed by atoms with E-state index in [2.05, 4.69) is 27.5 Å². The number of carbonyl (C=O) groups excluding carboxylic acids is 2. The largest absolute Gasteiger partial charge is 0.351 e. The Morgan fingerprint density at radius 3 is 2.65 bits per heavy atom. The summed E-state index contributed by atoms with van der Waals surface area (Å²) in [5.74, 6) is -0.416. The van der Waals surface area contributed by atoms with Crippen LogP contribution in [0.2, 0.25) is 0 Å². The summed E-state index contributed by atoms with van der Waals surface area (Å²) < 4.78 is 1.64. The lowest BCUT2D eigenvalue weighted by Gasteiger charge is -2.04. The summed E-state index contributed by atoms with van der Waals surface area (Å²) in [4.78, 5) is 33.3. The number of carbonyl (C=O) groups is 2. The fraction of sp³-hybridized carbons (Fsp3) is 0.263. The predicted octanol–water partition coefficient (Wildman–Crippen LogP) is 2.19. The van der Waals surface area contributed by atoms with Crippen molar-refractivity contribution in [1.82, 2.24) is 25.0 Å². The molecule has 0 aromatic carbocycles. The maximum absolute atomic E-state index is 12.6. The number of hydrogen-bond acceptors (Lipinski definition) is 4. The smallest absolute Gasteiger partial charge is 0.287 e. The van der Waals surface area contributed by atoms with Crippen LogP contribution in [0.25, 0.3) is 5.52 Å². The molecular formula is C19H21N5O2. The molecule has 0 spiro atoms. The number of nitrogens with one attached hydrogen (secondary N) is 2. The summed E-state index contributed by atoms with van der Waals surface area (Å²) in [7, 11) is 0. The van der Waals surface area contributed by atoms with Gasteiger partial charge < -0.3 is 10.6 Å². The van der Waals surface area contributed by atoms with E-state index in [9.17, 15) is 9.59 Å². The number of rotatable bonds is 7. The van der Waals surface area contributed by atoms with Gasteiger partial charge in [-0.2, -0.15) is 0 Å². The molecule has 0 saturated carbocycles. The van der Waals surface area contributed by atoms with Crippen molar-refractivity contribution in [3.05, 3.63) is 66.0 Å². The molecule has 0 aliphatic rings. The van der Waals surface area contributed by atoms with E-state index in [1.54, 1.807) is 35.1 Å². The Labute approximate surface area is 151 Å². The molecule has 7 nitrogen and oxygen atoms in total. The first-order chi connectivity index (χ1) is 12.7. The molecule has 0 fully saturated rings. The van der Waals surface area contributed by atoms with Gasteiger partial charge in [-0.25, -0.2) is 4.98 Å². The summed E-state index contributed by atoms with van der Waals surface area (Å²) in [5, 5.41) is 5.68. The van der Waals surface area contributed by atoms with Crippen molar-refractivity contribution < 1.29 is 9.59 Å². The quantitative estimate of drug-likeness (QED) is 0.639. The van der Waals surface area contributed by atoms with Gasteiger partial charge in [-0.1, -0.05) is 19.4 Å². The zero-order valence-corrected chi connectivity index (χ0v) is 14.6. The molecule has 0 radical (unpaired) electrons. The Bertz CT molecular complexity index is 905. The van der Waals surface area contributed by atoms with E-state index in [1.165, 1.54) is 0 Å². The fourth-order valence-corrected chi connectivity index (χ4v) is 2.59. The summed E-state index contributed by atoms with van der Waals surface area (Å²) >= 11 is 0. The molecular weight excluding hydrogens is 330 g/mol. The third kappa shape index (κ3) is 3.88. The normalized spacial score (nSPS) is 10.7. The van der Waals surface area contributed by atoms with Crippen molar-refractivity contribution in [2.24, 2.45) is 0 Å². The van der Waals surface area contributed by atoms with Gasteiger partial charge in [-0.15, -0.1) is 0 Å². The monoisotopic (exact) mass is 351 g/mol. The minimum Gasteiger partial charge on any atom is -0.351 e. The van der Waals surface area contributed by atoms with Gasteiger partial charge in [0.05, 0.1) is 5.52 Å². The van der Waals surface area contributed by atoms with Gasteiger partial charge in [0.15, 0.2) is 5.69 Å². The molecule has 3 heterocycles. The second kappa shape index (κ2) is 8.24. The molecule has 0 atom stereocenters. The molecule has 3 rings (SSSR count). The fourth-order valence-electron chi connectivity index (χ4n) is 2.59. The maximum atomic E-state index is 12.6. The van der Waals surface area contributed by atoms with Gasteiger partial charge in [0.2, 0.25) is 5.82 Å². The molecule has 2 N–H and O–H groups in total. The molecule has 0 bridgehead atoms. The number of nitrogens with zero attached hydrogens (tertiary/aromatic N) is 3. The second-order valence-electron chi connectivity index (χ2n) is 5.89. The highest BCUT2D eigenvalue weighted by Gasteiger charge is 2.21. The first-order valence-corrected chi connectivity index (χ1v) is 8.63. The van der Waals surface area contributed by atoms with Crippen LogP contribution < -0.4 is 10.6 Å². The highest BCUT2D eigenvalue weighted by molar-refractivity contribution is 6.02. The molecule has 0 aliphatic heterocycles. The van der Waals surface area contributed by atoms with Gasteiger partial charge in [-0.05, 0) is 36.2 Å². The number of unbranched alkanes of at least 4 members (excludes halogenated alkanes) is 1. The standard InChI is InChI=1S/C19H21N5O2/c1-2-3-9-21-18(25)16-15-6-4-5-12-24(15)17(23-16)19(26)22-13-14-7-10-20-11-8-14/h4-8,10-12H,2-3,9,13H2,1H3,(H,21,25)(H,22,26). The number of fused-ring (bicyclic) bond motifs is 1. The molecule has 0 unspecified atom stereocenters. The second-order valence-corrected chi connectivity index (χ2v) is 5.89. The molecule has 26 heavy (non-hydrogen) atoms. The maximum Gasteiger partial charge on any atom is 0.287 e. The van der Waals surface area contributed by atoms with Crippen molar-refractivity contribution >= 4 is 17.3 Å². The lowest BCUT2D eigenvalue weighted by molar-refractivity contribution is 0.0939. The van der Waals surface area contributed by atoms with Crippen molar-refractivity contribution in [1.29, 1.82) is 0 Å². The molecule has 3 aromatic heterocycles. The predicted molar refractivity (Wildman–Crippen MR) is 97.8 cm³/mol. The van der Waals surface area contributed by atoms with Crippen LogP contribution in [0.4, 0.5) is 0 Å². The van der Waals surface area contributed by atoms with Crippen molar-refractivity contribution in [2.45, 2.75) is 26.3 Å². The van der Waals surface area contributed by atoms with Crippen LogP contribution in [0.1, 0.15) is 46.4 Å². The van der Waals surface area contributed by atoms with Gasteiger partial charge >= 0.3 is 0 Å². The Kier molecular flexibility index (Phi) is 5.58. The zero-order chi connectivity index (χ0) is 18.4. The van der Waals surface area contributed by atoms with Crippen molar-refractivity contribution in [3.63, 3.8) is 0 Å². The van der Waals surface area contributed by atoms with E-state index in [-0.39, 0.29) is 23.3 Å². The van der Waals surface area contributed by atoms with Crippen LogP contribution in [0, 0.1) is 0 Å². The number of amides is 2. The molecule has 2 amide bonds. The summed E-state index contributed by atoms with van der Waals surface area (Å²) in [6.45, 7) is 3.01. The highest BCUT2D eigenvalue weighted by atomic mass is 16.2. The van der Waals surface area contributed by atoms with Gasteiger partial charge in [0.1, 0.15) is 0 Å². The van der Waals surface area contributed by atoms with E-state index in [0.717, 1.165) is 18.4 Å². The van der Waals surface area contributed by atoms with Gasteiger partial charge in [-0.3, -0.25) is 19.0 Å². The number of pyridine rings is 2. The SMILES string of the molecule is CCCCNC(=O)c1nc(C(=O)NCc2ccncc2)n2ccccc12. The van der Waals surface area contributed by atoms with E-state index >= 15 is 0 Å². The van der Waals surface area contributed by atoms with Gasteiger partial charge in [0.25, 0.3) is 11.8 Å². The van der Waals surface area contributed by atoms with Crippen LogP contribution in [-0.4, -0.2) is 32.7 Å². The molecule has 134 valence electrons. The number of imidazole rings is 1. The summed E-state index contributed by atoms with van der Waals surface area (Å²) in [6, 6.07) is 9.06. The van der Waals surface area contributed by atoms with E-state index in [0.29, 0.717) is 18.6 Å². The Hall–Kier alpha value is -3.22. The minimum absolute atomic E-state index is 0.190. The number of hydrogen-bond donors (Lipinski definition) is 2. The van der Waals surface area contributed by atoms with E-state index in [4.69, 9.17) is 0 Å². The Balaban J connectivity index is 1.81. The summed E-state index contributed by atoms with van der Waals surface area (Å²) in [6.07, 6.45) is 6.96. The van der Waals surface area contributed by atoms with Crippen LogP contribution in [-0.2, 0) is 6.54 Å². The Morgan fingerprint density at radius 2 is 1.88 bits per heavy atom. The molecule has 3 aromatic rings. The third-order valence-electron chi connectivity index (χ3n) is 3.98. The number of aromatic nitrogens is 3. The average Bonchev–Trinajstić information content (AvgIpc) is 3.07. The van der Waals surface area contributed by atoms with Crippen molar-refractivity contribution in [3.8, 4) is 0 Å². The molecule has 0 saturated heterocycles. The van der Waals surface area contributed by atoms with E-state index < -0.39 is 0 Å². The van der Waals surface area contributed by atoms with Gasteiger partial charge in [0, 0.05) is 31.7 Å². The lowest BCUT2D eigenvalue weighted by Crippen LogP contribution is -2.26.